The average molecular weight is 422 g/mol. The molecule has 1 aliphatic carbocycles. The topological polar surface area (TPSA) is 56.2 Å². The SMILES string of the molecule is COc1ccc(-c2nn(-c3ccccc3)cc2CSCC(=O)NC2CCCC2)cc1. The second-order valence-electron chi connectivity index (χ2n) is 7.55. The molecule has 4 rings (SSSR count). The molecule has 0 spiro atoms. The van der Waals surface area contributed by atoms with Crippen molar-refractivity contribution in [3.63, 3.8) is 0 Å². The Hall–Kier alpha value is -2.73. The number of hydrogen-bond donors (Lipinski definition) is 1. The molecule has 1 heterocycles. The van der Waals surface area contributed by atoms with Crippen LogP contribution in [0.4, 0.5) is 0 Å². The fraction of sp³-hybridized carbons (Fsp3) is 0.333. The van der Waals surface area contributed by atoms with Crippen molar-refractivity contribution in [1.82, 2.24) is 15.1 Å². The summed E-state index contributed by atoms with van der Waals surface area (Å²) >= 11 is 1.63. The molecule has 3 aromatic rings. The molecule has 0 unspecified atom stereocenters. The number of methoxy groups -OCH3 is 1. The molecule has 1 fully saturated rings. The Balaban J connectivity index is 1.49. The summed E-state index contributed by atoms with van der Waals surface area (Å²) < 4.78 is 7.19. The number of aromatic nitrogens is 2. The molecule has 5 nitrogen and oxygen atoms in total. The first-order valence-electron chi connectivity index (χ1n) is 10.4. The van der Waals surface area contributed by atoms with Gasteiger partial charge in [-0.25, -0.2) is 4.68 Å². The van der Waals surface area contributed by atoms with E-state index in [0.29, 0.717) is 11.8 Å². The first-order valence-corrected chi connectivity index (χ1v) is 11.5. The Morgan fingerprint density at radius 1 is 1.13 bits per heavy atom. The van der Waals surface area contributed by atoms with E-state index >= 15 is 0 Å². The Morgan fingerprint density at radius 3 is 2.57 bits per heavy atom. The minimum absolute atomic E-state index is 0.133. The largest absolute Gasteiger partial charge is 0.497 e. The predicted molar refractivity (Wildman–Crippen MR) is 122 cm³/mol. The highest BCUT2D eigenvalue weighted by atomic mass is 32.2. The summed E-state index contributed by atoms with van der Waals surface area (Å²) in [5.41, 5.74) is 4.10. The van der Waals surface area contributed by atoms with E-state index < -0.39 is 0 Å². The normalized spacial score (nSPS) is 14.0. The molecule has 0 aliphatic heterocycles. The van der Waals surface area contributed by atoms with Crippen molar-refractivity contribution < 1.29 is 9.53 Å². The van der Waals surface area contributed by atoms with Crippen molar-refractivity contribution >= 4 is 17.7 Å². The van der Waals surface area contributed by atoms with Crippen LogP contribution in [-0.2, 0) is 10.5 Å². The number of ether oxygens (including phenoxy) is 1. The van der Waals surface area contributed by atoms with E-state index in [1.807, 2.05) is 59.3 Å². The van der Waals surface area contributed by atoms with Gasteiger partial charge in [0.25, 0.3) is 0 Å². The summed E-state index contributed by atoms with van der Waals surface area (Å²) in [5, 5.41) is 8.01. The van der Waals surface area contributed by atoms with E-state index in [1.54, 1.807) is 18.9 Å². The maximum Gasteiger partial charge on any atom is 0.230 e. The van der Waals surface area contributed by atoms with E-state index in [2.05, 4.69) is 11.5 Å². The van der Waals surface area contributed by atoms with Gasteiger partial charge in [-0.15, -0.1) is 11.8 Å². The van der Waals surface area contributed by atoms with Crippen molar-refractivity contribution in [2.75, 3.05) is 12.9 Å². The van der Waals surface area contributed by atoms with Gasteiger partial charge in [0, 0.05) is 29.1 Å². The third kappa shape index (κ3) is 5.05. The van der Waals surface area contributed by atoms with Crippen molar-refractivity contribution in [1.29, 1.82) is 0 Å². The van der Waals surface area contributed by atoms with Gasteiger partial charge in [0.1, 0.15) is 5.75 Å². The monoisotopic (exact) mass is 421 g/mol. The van der Waals surface area contributed by atoms with Crippen LogP contribution in [0, 0.1) is 0 Å². The molecule has 6 heteroatoms. The van der Waals surface area contributed by atoms with Gasteiger partial charge in [0.2, 0.25) is 5.91 Å². The molecule has 1 amide bonds. The number of para-hydroxylation sites is 1. The third-order valence-corrected chi connectivity index (χ3v) is 6.37. The number of carbonyl (C=O) groups excluding carboxylic acids is 1. The average Bonchev–Trinajstić information content (AvgIpc) is 3.44. The van der Waals surface area contributed by atoms with Crippen LogP contribution >= 0.6 is 11.8 Å². The number of amides is 1. The van der Waals surface area contributed by atoms with Crippen molar-refractivity contribution in [3.05, 3.63) is 66.4 Å². The van der Waals surface area contributed by atoms with Gasteiger partial charge < -0.3 is 10.1 Å². The molecular formula is C24H27N3O2S. The Kier molecular flexibility index (Phi) is 6.74. The van der Waals surface area contributed by atoms with E-state index in [4.69, 9.17) is 9.84 Å². The number of rotatable bonds is 8. The lowest BCUT2D eigenvalue weighted by atomic mass is 10.1. The summed E-state index contributed by atoms with van der Waals surface area (Å²) in [6.45, 7) is 0. The molecule has 1 aromatic heterocycles. The van der Waals surface area contributed by atoms with Gasteiger partial charge in [-0.05, 0) is 49.2 Å². The van der Waals surface area contributed by atoms with Crippen LogP contribution in [0.3, 0.4) is 0 Å². The summed E-state index contributed by atoms with van der Waals surface area (Å²) in [7, 11) is 1.66. The van der Waals surface area contributed by atoms with E-state index in [0.717, 1.165) is 46.9 Å². The predicted octanol–water partition coefficient (Wildman–Crippen LogP) is 4.84. The van der Waals surface area contributed by atoms with Crippen molar-refractivity contribution in [2.45, 2.75) is 37.5 Å². The summed E-state index contributed by atoms with van der Waals surface area (Å²) in [6.07, 6.45) is 6.74. The first kappa shape index (κ1) is 20.5. The number of nitrogens with zero attached hydrogens (tertiary/aromatic N) is 2. The van der Waals surface area contributed by atoms with Crippen LogP contribution in [0.15, 0.2) is 60.8 Å². The molecule has 0 radical (unpaired) electrons. The fourth-order valence-corrected chi connectivity index (χ4v) is 4.62. The van der Waals surface area contributed by atoms with E-state index in [1.165, 1.54) is 12.8 Å². The number of carbonyl (C=O) groups is 1. The summed E-state index contributed by atoms with van der Waals surface area (Å²) in [4.78, 5) is 12.3. The number of benzene rings is 2. The highest BCUT2D eigenvalue weighted by Gasteiger charge is 2.18. The molecule has 1 aliphatic rings. The smallest absolute Gasteiger partial charge is 0.230 e. The molecular weight excluding hydrogens is 394 g/mol. The van der Waals surface area contributed by atoms with Gasteiger partial charge in [-0.1, -0.05) is 31.0 Å². The lowest BCUT2D eigenvalue weighted by Gasteiger charge is -2.11. The summed E-state index contributed by atoms with van der Waals surface area (Å²) in [5.74, 6) is 2.15. The van der Waals surface area contributed by atoms with Gasteiger partial charge in [-0.2, -0.15) is 5.10 Å². The minimum atomic E-state index is 0.133. The van der Waals surface area contributed by atoms with Crippen LogP contribution in [-0.4, -0.2) is 34.6 Å². The molecule has 30 heavy (non-hydrogen) atoms. The zero-order valence-electron chi connectivity index (χ0n) is 17.2. The van der Waals surface area contributed by atoms with Gasteiger partial charge in [0.05, 0.1) is 24.2 Å². The van der Waals surface area contributed by atoms with Gasteiger partial charge >= 0.3 is 0 Å². The fourth-order valence-electron chi connectivity index (χ4n) is 3.81. The molecule has 0 saturated heterocycles. The standard InChI is InChI=1S/C24H27N3O2S/c1-29-22-13-11-18(12-14-22)24-19(15-27(26-24)21-9-3-2-4-10-21)16-30-17-23(28)25-20-7-5-6-8-20/h2-4,9-15,20H,5-8,16-17H2,1H3,(H,25,28). The zero-order chi connectivity index (χ0) is 20.8. The quantitative estimate of drug-likeness (QED) is 0.565. The number of thioether (sulfide) groups is 1. The maximum absolute atomic E-state index is 12.3. The van der Waals surface area contributed by atoms with Crippen molar-refractivity contribution in [2.24, 2.45) is 0 Å². The van der Waals surface area contributed by atoms with Gasteiger partial charge in [0.15, 0.2) is 0 Å². The van der Waals surface area contributed by atoms with Crippen LogP contribution < -0.4 is 10.1 Å². The Bertz CT molecular complexity index is 964. The van der Waals surface area contributed by atoms with E-state index in [9.17, 15) is 4.79 Å². The van der Waals surface area contributed by atoms with Crippen LogP contribution in [0.5, 0.6) is 5.75 Å². The van der Waals surface area contributed by atoms with Crippen LogP contribution in [0.1, 0.15) is 31.2 Å². The molecule has 1 saturated carbocycles. The highest BCUT2D eigenvalue weighted by molar-refractivity contribution is 7.99. The second kappa shape index (κ2) is 9.85. The molecule has 1 N–H and O–H groups in total. The maximum atomic E-state index is 12.3. The second-order valence-corrected chi connectivity index (χ2v) is 8.54. The third-order valence-electron chi connectivity index (χ3n) is 5.39. The molecule has 0 bridgehead atoms. The Morgan fingerprint density at radius 2 is 1.87 bits per heavy atom. The lowest BCUT2D eigenvalue weighted by Crippen LogP contribution is -2.33. The first-order chi connectivity index (χ1) is 14.7. The van der Waals surface area contributed by atoms with Crippen LogP contribution in [0.2, 0.25) is 0 Å². The highest BCUT2D eigenvalue weighted by Crippen LogP contribution is 2.28. The van der Waals surface area contributed by atoms with Crippen molar-refractivity contribution in [3.8, 4) is 22.7 Å². The zero-order valence-corrected chi connectivity index (χ0v) is 18.0. The van der Waals surface area contributed by atoms with Crippen LogP contribution in [0.25, 0.3) is 16.9 Å². The molecule has 2 aromatic carbocycles. The molecule has 156 valence electrons. The van der Waals surface area contributed by atoms with E-state index in [-0.39, 0.29) is 5.91 Å². The minimum Gasteiger partial charge on any atom is -0.497 e. The Labute approximate surface area is 181 Å². The molecule has 0 atom stereocenters. The van der Waals surface area contributed by atoms with Gasteiger partial charge in [-0.3, -0.25) is 4.79 Å². The summed E-state index contributed by atoms with van der Waals surface area (Å²) in [6, 6.07) is 18.4. The number of hydrogen-bond acceptors (Lipinski definition) is 4. The number of nitrogens with one attached hydrogen (secondary N) is 1. The lowest BCUT2D eigenvalue weighted by molar-refractivity contribution is -0.119.